The molecule has 0 saturated carbocycles. The Labute approximate surface area is 451 Å². The Balaban J connectivity index is -0.000000441. The minimum Gasteiger partial charge on any atom is -0.550 e. The van der Waals surface area contributed by atoms with E-state index in [9.17, 15) is 29.7 Å². The van der Waals surface area contributed by atoms with Crippen LogP contribution in [0.1, 0.15) is 329 Å². The normalized spacial score (nSPS) is 11.1. The van der Waals surface area contributed by atoms with Crippen molar-refractivity contribution in [3.05, 3.63) is 36.5 Å². The van der Waals surface area contributed by atoms with E-state index in [1.165, 1.54) is 250 Å². The molecule has 0 aliphatic rings. The molecule has 6 nitrogen and oxygen atoms in total. The van der Waals surface area contributed by atoms with Crippen LogP contribution >= 0.6 is 0 Å². The van der Waals surface area contributed by atoms with E-state index in [1.807, 2.05) is 0 Å². The van der Waals surface area contributed by atoms with Crippen molar-refractivity contribution in [1.29, 1.82) is 0 Å². The number of carboxylic acids is 3. The largest absolute Gasteiger partial charge is 3.00 e. The maximum atomic E-state index is 10.2. The molecule has 0 rings (SSSR count). The predicted octanol–water partition coefficient (Wildman–Crippen LogP) is 16.7. The maximum absolute atomic E-state index is 10.2. The average molecular weight is 1070 g/mol. The zero-order valence-electron chi connectivity index (χ0n) is 44.9. The Kier molecular flexibility index (Phi) is 75.0. The number of carbonyl (C=O) groups excluding carboxylic acids is 3. The molecule has 0 fully saturated rings. The van der Waals surface area contributed by atoms with E-state index in [1.54, 1.807) is 0 Å². The zero-order valence-corrected chi connectivity index (χ0v) is 48.6. The van der Waals surface area contributed by atoms with Crippen molar-refractivity contribution < 1.29 is 71.0 Å². The van der Waals surface area contributed by atoms with E-state index < -0.39 is 17.9 Å². The Morgan fingerprint density at radius 1 is 0.239 bits per heavy atom. The molecule has 0 radical (unpaired) electrons. The van der Waals surface area contributed by atoms with E-state index in [2.05, 4.69) is 57.2 Å². The topological polar surface area (TPSA) is 120 Å². The first-order chi connectivity index (χ1) is 32.3. The van der Waals surface area contributed by atoms with Crippen LogP contribution in [-0.2, 0) is 14.4 Å². The van der Waals surface area contributed by atoms with E-state index in [4.69, 9.17) is 0 Å². The Morgan fingerprint density at radius 2 is 0.373 bits per heavy atom. The van der Waals surface area contributed by atoms with Gasteiger partial charge in [0.2, 0.25) is 0 Å². The molecule has 0 aromatic rings. The number of hydrogen-bond donors (Lipinski definition) is 0. The second-order valence-corrected chi connectivity index (χ2v) is 19.2. The molecule has 0 bridgehead atoms. The van der Waals surface area contributed by atoms with Gasteiger partial charge in [-0.05, 0) is 116 Å². The molecule has 0 N–H and O–H groups in total. The summed E-state index contributed by atoms with van der Waals surface area (Å²) in [6, 6.07) is 0. The first-order valence-corrected chi connectivity index (χ1v) is 28.9. The summed E-state index contributed by atoms with van der Waals surface area (Å²) in [6.07, 6.45) is 71.5. The summed E-state index contributed by atoms with van der Waals surface area (Å²) >= 11 is 0. The second-order valence-electron chi connectivity index (χ2n) is 19.2. The van der Waals surface area contributed by atoms with Crippen molar-refractivity contribution in [3.8, 4) is 0 Å². The summed E-state index contributed by atoms with van der Waals surface area (Å²) in [4.78, 5) is 30.7. The maximum Gasteiger partial charge on any atom is 3.00 e. The minimum atomic E-state index is -0.909. The molecule has 0 aliphatic heterocycles. The van der Waals surface area contributed by atoms with Gasteiger partial charge in [0.15, 0.2) is 0 Å². The predicted molar refractivity (Wildman–Crippen MR) is 281 cm³/mol. The number of unbranched alkanes of at least 4 members (excludes halogenated alkanes) is 39. The molecule has 0 aromatic heterocycles. The van der Waals surface area contributed by atoms with Gasteiger partial charge in [0, 0.05) is 17.9 Å². The van der Waals surface area contributed by atoms with Gasteiger partial charge in [0.1, 0.15) is 0 Å². The molecule has 0 atom stereocenters. The number of carbonyl (C=O) groups is 3. The number of aliphatic carboxylic acids is 3. The molecule has 0 spiro atoms. The molecule has 0 aliphatic carbocycles. The fraction of sp³-hybridized carbons (Fsp3) is 0.850. The van der Waals surface area contributed by atoms with Gasteiger partial charge in [-0.2, -0.15) is 0 Å². The fourth-order valence-corrected chi connectivity index (χ4v) is 8.08. The van der Waals surface area contributed by atoms with E-state index >= 15 is 0 Å². The monoisotopic (exact) mass is 1070 g/mol. The van der Waals surface area contributed by atoms with Crippen molar-refractivity contribution in [2.75, 3.05) is 0 Å². The van der Waals surface area contributed by atoms with Gasteiger partial charge in [-0.15, -0.1) is 0 Å². The van der Waals surface area contributed by atoms with E-state index in [0.29, 0.717) is 0 Å². The third-order valence-corrected chi connectivity index (χ3v) is 12.4. The van der Waals surface area contributed by atoms with Crippen LogP contribution in [0.15, 0.2) is 36.5 Å². The molecule has 390 valence electrons. The molecule has 0 heterocycles. The van der Waals surface area contributed by atoms with Gasteiger partial charge >= 0.3 is 41.3 Å². The summed E-state index contributed by atoms with van der Waals surface area (Å²) < 4.78 is 0. The summed E-state index contributed by atoms with van der Waals surface area (Å²) in [7, 11) is 0. The van der Waals surface area contributed by atoms with Crippen LogP contribution in [0.4, 0.5) is 0 Å². The first kappa shape index (κ1) is 72.5. The number of rotatable bonds is 51. The van der Waals surface area contributed by atoms with Crippen LogP contribution in [-0.4, -0.2) is 17.9 Å². The van der Waals surface area contributed by atoms with Crippen molar-refractivity contribution in [3.63, 3.8) is 0 Å². The first-order valence-electron chi connectivity index (χ1n) is 28.9. The van der Waals surface area contributed by atoms with Gasteiger partial charge in [0.25, 0.3) is 0 Å². The fourth-order valence-electron chi connectivity index (χ4n) is 8.08. The Bertz CT molecular complexity index is 911. The second kappa shape index (κ2) is 69.3. The molecule has 0 amide bonds. The number of allylic oxidation sites excluding steroid dienone is 6. The zero-order chi connectivity index (χ0) is 48.9. The SMILES string of the molecule is CCCCCCCC/C=C\CCCCCCCCCC(=O)[O-].CCCCCCCC/C=C\CCCCCCCCCC(=O)[O-].CCCCCCCC/C=C\CCCCCCCCCC(=O)[O-].[Pr+3]. The third kappa shape index (κ3) is 82.3. The van der Waals surface area contributed by atoms with Crippen molar-refractivity contribution in [2.24, 2.45) is 0 Å². The van der Waals surface area contributed by atoms with Crippen LogP contribution in [0.3, 0.4) is 0 Å². The molecule has 0 unspecified atom stereocenters. The van der Waals surface area contributed by atoms with Gasteiger partial charge < -0.3 is 29.7 Å². The van der Waals surface area contributed by atoms with Crippen LogP contribution in [0, 0.1) is 41.3 Å². The smallest absolute Gasteiger partial charge is 0.550 e. The Hall–Kier alpha value is -1.01. The molecule has 7 heteroatoms. The summed E-state index contributed by atoms with van der Waals surface area (Å²) in [5.74, 6) is -2.73. The van der Waals surface area contributed by atoms with Crippen molar-refractivity contribution >= 4 is 17.9 Å². The molecular formula is C60H111O6Pr. The molecule has 0 saturated heterocycles. The van der Waals surface area contributed by atoms with E-state index in [0.717, 1.165) is 38.5 Å². The van der Waals surface area contributed by atoms with Crippen LogP contribution in [0.2, 0.25) is 0 Å². The summed E-state index contributed by atoms with van der Waals surface area (Å²) in [5.41, 5.74) is 0. The van der Waals surface area contributed by atoms with Gasteiger partial charge in [-0.1, -0.05) is 250 Å². The summed E-state index contributed by atoms with van der Waals surface area (Å²) in [6.45, 7) is 6.79. The summed E-state index contributed by atoms with van der Waals surface area (Å²) in [5, 5.41) is 30.7. The van der Waals surface area contributed by atoms with E-state index in [-0.39, 0.29) is 60.6 Å². The number of hydrogen-bond acceptors (Lipinski definition) is 6. The van der Waals surface area contributed by atoms with Gasteiger partial charge in [-0.25, -0.2) is 0 Å². The van der Waals surface area contributed by atoms with Gasteiger partial charge in [-0.3, -0.25) is 0 Å². The van der Waals surface area contributed by atoms with Gasteiger partial charge in [0.05, 0.1) is 0 Å². The van der Waals surface area contributed by atoms with Crippen molar-refractivity contribution in [1.82, 2.24) is 0 Å². The average Bonchev–Trinajstić information content (AvgIpc) is 3.29. The molecule has 67 heavy (non-hydrogen) atoms. The standard InChI is InChI=1S/3C20H38O2.Pr/c3*1-2-3-4-5-6-7-8-9-10-11-12-13-14-15-16-17-18-19-20(21)22;/h3*9-10H,2-8,11-19H2,1H3,(H,21,22);/q;;;+3/p-3/b3*10-9-;. The minimum absolute atomic E-state index is 0. The van der Waals surface area contributed by atoms with Crippen LogP contribution in [0.25, 0.3) is 0 Å². The molecule has 0 aromatic carbocycles. The number of carboxylic acid groups (broad SMARTS) is 3. The van der Waals surface area contributed by atoms with Crippen molar-refractivity contribution in [2.45, 2.75) is 329 Å². The third-order valence-electron chi connectivity index (χ3n) is 12.4. The van der Waals surface area contributed by atoms with Crippen LogP contribution in [0.5, 0.6) is 0 Å². The quantitative estimate of drug-likeness (QED) is 0.0442. The Morgan fingerprint density at radius 3 is 0.522 bits per heavy atom. The molecular weight excluding hydrogens is 958 g/mol. The van der Waals surface area contributed by atoms with Crippen LogP contribution < -0.4 is 15.3 Å².